The van der Waals surface area contributed by atoms with Gasteiger partial charge >= 0.3 is 0 Å². The lowest BCUT2D eigenvalue weighted by Crippen LogP contribution is -2.58. The highest BCUT2D eigenvalue weighted by molar-refractivity contribution is 8.00. The molecule has 3 aliphatic rings. The number of anilines is 6. The van der Waals surface area contributed by atoms with Crippen molar-refractivity contribution in [2.24, 2.45) is 0 Å². The molecule has 0 fully saturated rings. The molecule has 9 aromatic rings. The first kappa shape index (κ1) is 31.5. The monoisotopic (exact) mass is 734 g/mol. The minimum absolute atomic E-state index is 0.146. The van der Waals surface area contributed by atoms with Crippen molar-refractivity contribution in [1.29, 1.82) is 0 Å². The van der Waals surface area contributed by atoms with E-state index in [0.29, 0.717) is 0 Å². The Bertz CT molecular complexity index is 2990. The lowest BCUT2D eigenvalue weighted by molar-refractivity contribution is 0.459. The van der Waals surface area contributed by atoms with Gasteiger partial charge in [0.25, 0.3) is 6.71 Å². The largest absolute Gasteiger partial charge is 0.458 e. The van der Waals surface area contributed by atoms with E-state index >= 15 is 0 Å². The Kier molecular flexibility index (Phi) is 6.92. The predicted octanol–water partition coefficient (Wildman–Crippen LogP) is 12.1. The van der Waals surface area contributed by atoms with E-state index in [-0.39, 0.29) is 6.71 Å². The third-order valence-electron chi connectivity index (χ3n) is 11.3. The van der Waals surface area contributed by atoms with E-state index in [4.69, 9.17) is 9.47 Å². The van der Waals surface area contributed by atoms with Crippen LogP contribution in [-0.4, -0.2) is 6.71 Å². The molecule has 0 atom stereocenters. The van der Waals surface area contributed by atoms with Crippen molar-refractivity contribution >= 4 is 90.5 Å². The number of nitrogens with zero attached hydrogens (tertiary/aromatic N) is 2. The molecule has 4 nitrogen and oxygen atoms in total. The summed E-state index contributed by atoms with van der Waals surface area (Å²) in [5.74, 6) is 3.41. The number of fused-ring (bicyclic) bond motifs is 12. The third kappa shape index (κ3) is 4.57. The fourth-order valence-corrected chi connectivity index (χ4v) is 10.2. The number of hydrogen-bond acceptors (Lipinski definition) is 5. The molecule has 0 unspecified atom stereocenters. The molecule has 0 aromatic heterocycles. The smallest absolute Gasteiger partial charge is 0.262 e. The number of ether oxygens (including phenoxy) is 2. The summed E-state index contributed by atoms with van der Waals surface area (Å²) in [6.45, 7) is -0.146. The standard InChI is InChI=1S/C50H31BN2O2S/c1-4-17-32(18-5-1)52(33-19-6-2-7-20-33)40-31-43-45(36-24-11-10-23-35(36)40)51-46-37-25-12-13-26-38(37)48-50(49(46)55-42-29-16-28-41(54-43)47(42)51)56-44-30-15-14-27-39(44)53(48)34-21-8-3-9-22-34/h1-31H. The molecule has 0 saturated carbocycles. The van der Waals surface area contributed by atoms with Crippen LogP contribution >= 0.6 is 11.8 Å². The van der Waals surface area contributed by atoms with E-state index in [1.807, 2.05) is 0 Å². The van der Waals surface area contributed by atoms with Crippen molar-refractivity contribution in [2.75, 3.05) is 9.80 Å². The Morgan fingerprint density at radius 3 is 1.75 bits per heavy atom. The van der Waals surface area contributed by atoms with Crippen LogP contribution in [0.25, 0.3) is 21.5 Å². The van der Waals surface area contributed by atoms with E-state index in [1.54, 1.807) is 11.8 Å². The second kappa shape index (κ2) is 12.3. The van der Waals surface area contributed by atoms with Gasteiger partial charge in [0.2, 0.25) is 0 Å². The second-order valence-corrected chi connectivity index (χ2v) is 15.4. The molecule has 12 rings (SSSR count). The Labute approximate surface area is 329 Å². The second-order valence-electron chi connectivity index (χ2n) is 14.4. The molecule has 6 heteroatoms. The highest BCUT2D eigenvalue weighted by Gasteiger charge is 2.45. The maximum Gasteiger partial charge on any atom is 0.262 e. The molecule has 56 heavy (non-hydrogen) atoms. The number of benzene rings is 9. The minimum Gasteiger partial charge on any atom is -0.458 e. The number of para-hydroxylation sites is 4. The summed E-state index contributed by atoms with van der Waals surface area (Å²) in [4.78, 5) is 7.06. The summed E-state index contributed by atoms with van der Waals surface area (Å²) in [6, 6.07) is 66.8. The summed E-state index contributed by atoms with van der Waals surface area (Å²) >= 11 is 1.80. The van der Waals surface area contributed by atoms with E-state index in [2.05, 4.69) is 198 Å². The van der Waals surface area contributed by atoms with Gasteiger partial charge in [0.1, 0.15) is 23.0 Å². The topological polar surface area (TPSA) is 24.9 Å². The average Bonchev–Trinajstić information content (AvgIpc) is 3.26. The van der Waals surface area contributed by atoms with Crippen molar-refractivity contribution in [3.05, 3.63) is 188 Å². The Morgan fingerprint density at radius 2 is 1.04 bits per heavy atom. The first-order valence-corrected chi connectivity index (χ1v) is 19.8. The normalized spacial score (nSPS) is 13.1. The van der Waals surface area contributed by atoms with Gasteiger partial charge in [0, 0.05) is 44.3 Å². The Morgan fingerprint density at radius 1 is 0.464 bits per heavy atom. The molecule has 0 radical (unpaired) electrons. The highest BCUT2D eigenvalue weighted by atomic mass is 32.2. The molecule has 0 N–H and O–H groups in total. The summed E-state index contributed by atoms with van der Waals surface area (Å²) in [6.07, 6.45) is 0. The van der Waals surface area contributed by atoms with Crippen LogP contribution in [0, 0.1) is 0 Å². The summed E-state index contributed by atoms with van der Waals surface area (Å²) in [5.41, 5.74) is 10.0. The van der Waals surface area contributed by atoms with Gasteiger partial charge in [0.05, 0.1) is 22.0 Å². The SMILES string of the molecule is c1ccc(N(c2ccccc2)c2cc3c(c4ccccc24)B2c4c(cccc4Oc4c5c(c6ccccc6c42)N(c2ccccc2)c2ccccc2S5)O3)cc1. The Hall–Kier alpha value is -6.89. The van der Waals surface area contributed by atoms with E-state index < -0.39 is 0 Å². The lowest BCUT2D eigenvalue weighted by Gasteiger charge is -2.39. The average molecular weight is 735 g/mol. The van der Waals surface area contributed by atoms with Crippen LogP contribution in [0.2, 0.25) is 0 Å². The number of rotatable bonds is 4. The van der Waals surface area contributed by atoms with Gasteiger partial charge in [-0.2, -0.15) is 0 Å². The van der Waals surface area contributed by atoms with Gasteiger partial charge < -0.3 is 19.3 Å². The Balaban J connectivity index is 1.17. The van der Waals surface area contributed by atoms with Crippen LogP contribution in [0.5, 0.6) is 23.0 Å². The van der Waals surface area contributed by atoms with Gasteiger partial charge in [-0.15, -0.1) is 0 Å². The third-order valence-corrected chi connectivity index (χ3v) is 12.5. The molecule has 9 aromatic carbocycles. The van der Waals surface area contributed by atoms with E-state index in [0.717, 1.165) is 83.7 Å². The molecule has 0 amide bonds. The first-order chi connectivity index (χ1) is 27.8. The molecule has 3 heterocycles. The fourth-order valence-electron chi connectivity index (χ4n) is 9.06. The van der Waals surface area contributed by atoms with Gasteiger partial charge in [-0.3, -0.25) is 0 Å². The molecule has 0 aliphatic carbocycles. The van der Waals surface area contributed by atoms with Crippen molar-refractivity contribution < 1.29 is 9.47 Å². The van der Waals surface area contributed by atoms with Crippen LogP contribution in [0.3, 0.4) is 0 Å². The maximum absolute atomic E-state index is 7.20. The van der Waals surface area contributed by atoms with Crippen molar-refractivity contribution in [3.8, 4) is 23.0 Å². The van der Waals surface area contributed by atoms with Crippen LogP contribution in [0.4, 0.5) is 34.1 Å². The zero-order chi connectivity index (χ0) is 36.7. The van der Waals surface area contributed by atoms with Crippen molar-refractivity contribution in [1.82, 2.24) is 0 Å². The lowest BCUT2D eigenvalue weighted by atomic mass is 9.33. The summed E-state index contributed by atoms with van der Waals surface area (Å²) < 4.78 is 14.2. The predicted molar refractivity (Wildman–Crippen MR) is 233 cm³/mol. The van der Waals surface area contributed by atoms with Crippen LogP contribution in [0.1, 0.15) is 0 Å². The van der Waals surface area contributed by atoms with Gasteiger partial charge in [-0.25, -0.2) is 0 Å². The van der Waals surface area contributed by atoms with Gasteiger partial charge in [-0.1, -0.05) is 133 Å². The van der Waals surface area contributed by atoms with E-state index in [9.17, 15) is 0 Å². The minimum atomic E-state index is -0.146. The molecule has 0 spiro atoms. The van der Waals surface area contributed by atoms with Gasteiger partial charge in [0.15, 0.2) is 0 Å². The zero-order valence-corrected chi connectivity index (χ0v) is 30.9. The summed E-state index contributed by atoms with van der Waals surface area (Å²) in [5, 5.41) is 4.66. The quantitative estimate of drug-likeness (QED) is 0.168. The maximum atomic E-state index is 7.20. The van der Waals surface area contributed by atoms with Gasteiger partial charge in [-0.05, 0) is 82.4 Å². The molecule has 262 valence electrons. The number of hydrogen-bond donors (Lipinski definition) is 0. The van der Waals surface area contributed by atoms with Crippen LogP contribution < -0.4 is 35.7 Å². The molecular weight excluding hydrogens is 703 g/mol. The molecule has 0 bridgehead atoms. The fraction of sp³-hybridized carbons (Fsp3) is 0. The molecule has 3 aliphatic heterocycles. The first-order valence-electron chi connectivity index (χ1n) is 19.0. The summed E-state index contributed by atoms with van der Waals surface area (Å²) in [7, 11) is 0. The highest BCUT2D eigenvalue weighted by Crippen LogP contribution is 2.58. The van der Waals surface area contributed by atoms with Crippen molar-refractivity contribution in [2.45, 2.75) is 9.79 Å². The zero-order valence-electron chi connectivity index (χ0n) is 30.1. The van der Waals surface area contributed by atoms with Crippen LogP contribution in [0.15, 0.2) is 198 Å². The van der Waals surface area contributed by atoms with E-state index in [1.165, 1.54) is 21.1 Å². The van der Waals surface area contributed by atoms with Crippen LogP contribution in [-0.2, 0) is 0 Å². The molecular formula is C50H31BN2O2S. The van der Waals surface area contributed by atoms with Crippen molar-refractivity contribution in [3.63, 3.8) is 0 Å². The molecule has 0 saturated heterocycles.